The van der Waals surface area contributed by atoms with Gasteiger partial charge in [-0.1, -0.05) is 18.2 Å². The number of H-pyrrole nitrogens is 1. The molecule has 0 radical (unpaired) electrons. The summed E-state index contributed by atoms with van der Waals surface area (Å²) in [5.41, 5.74) is 3.35. The summed E-state index contributed by atoms with van der Waals surface area (Å²) >= 11 is 0. The molecule has 134 valence electrons. The quantitative estimate of drug-likeness (QED) is 0.776. The van der Waals surface area contributed by atoms with Crippen LogP contribution in [0.5, 0.6) is 5.75 Å². The zero-order valence-electron chi connectivity index (χ0n) is 14.3. The molecule has 6 heteroatoms. The number of aromatic nitrogens is 1. The van der Waals surface area contributed by atoms with Crippen molar-refractivity contribution in [1.82, 2.24) is 9.88 Å². The van der Waals surface area contributed by atoms with E-state index >= 15 is 0 Å². The summed E-state index contributed by atoms with van der Waals surface area (Å²) in [6.45, 7) is 2.71. The Morgan fingerprint density at radius 3 is 2.81 bits per heavy atom. The van der Waals surface area contributed by atoms with E-state index in [4.69, 9.17) is 4.74 Å². The van der Waals surface area contributed by atoms with Crippen LogP contribution in [-0.2, 0) is 17.8 Å². The maximum Gasteiger partial charge on any atom is 0.263 e. The van der Waals surface area contributed by atoms with E-state index in [0.717, 1.165) is 40.7 Å². The fourth-order valence-corrected chi connectivity index (χ4v) is 3.42. The highest BCUT2D eigenvalue weighted by molar-refractivity contribution is 5.86. The minimum Gasteiger partial charge on any atom is -0.481 e. The number of hydrogen-bond acceptors (Lipinski definition) is 2. The number of carbonyl (C=O) groups excluding carboxylic acids is 1. The molecule has 0 aliphatic carbocycles. The van der Waals surface area contributed by atoms with Crippen LogP contribution in [0.4, 0.5) is 8.78 Å². The van der Waals surface area contributed by atoms with E-state index in [0.29, 0.717) is 13.1 Å². The zero-order valence-corrected chi connectivity index (χ0v) is 14.3. The lowest BCUT2D eigenvalue weighted by molar-refractivity contribution is -0.138. The van der Waals surface area contributed by atoms with Crippen LogP contribution in [-0.4, -0.2) is 28.4 Å². The SMILES string of the molecule is CC(Oc1ccc(F)c(F)c1)C(=O)N1CCc2[nH]c3ccccc3c2C1. The molecule has 1 atom stereocenters. The molecule has 4 nitrogen and oxygen atoms in total. The number of para-hydroxylation sites is 1. The maximum atomic E-state index is 13.3. The first-order chi connectivity index (χ1) is 12.5. The average molecular weight is 356 g/mol. The predicted molar refractivity (Wildman–Crippen MR) is 93.9 cm³/mol. The van der Waals surface area contributed by atoms with Gasteiger partial charge in [-0.15, -0.1) is 0 Å². The molecule has 1 N–H and O–H groups in total. The van der Waals surface area contributed by atoms with Crippen LogP contribution in [0.25, 0.3) is 10.9 Å². The van der Waals surface area contributed by atoms with Crippen LogP contribution in [0, 0.1) is 11.6 Å². The van der Waals surface area contributed by atoms with Crippen molar-refractivity contribution in [1.29, 1.82) is 0 Å². The number of rotatable bonds is 3. The van der Waals surface area contributed by atoms with E-state index < -0.39 is 17.7 Å². The predicted octanol–water partition coefficient (Wildman–Crippen LogP) is 3.80. The van der Waals surface area contributed by atoms with Crippen molar-refractivity contribution in [3.8, 4) is 5.75 Å². The van der Waals surface area contributed by atoms with E-state index in [9.17, 15) is 13.6 Å². The Hall–Kier alpha value is -2.89. The number of aromatic amines is 1. The van der Waals surface area contributed by atoms with Crippen molar-refractivity contribution in [3.05, 3.63) is 65.4 Å². The number of benzene rings is 2. The van der Waals surface area contributed by atoms with Crippen LogP contribution in [0.15, 0.2) is 42.5 Å². The fourth-order valence-electron chi connectivity index (χ4n) is 3.42. The van der Waals surface area contributed by atoms with Gasteiger partial charge in [0.15, 0.2) is 17.7 Å². The van der Waals surface area contributed by atoms with Crippen molar-refractivity contribution >= 4 is 16.8 Å². The Labute approximate surface area is 149 Å². The van der Waals surface area contributed by atoms with E-state index in [2.05, 4.69) is 4.98 Å². The Morgan fingerprint density at radius 2 is 2.00 bits per heavy atom. The molecular formula is C20H18F2N2O2. The van der Waals surface area contributed by atoms with Crippen molar-refractivity contribution in [2.24, 2.45) is 0 Å². The summed E-state index contributed by atoms with van der Waals surface area (Å²) in [5, 5.41) is 1.12. The normalized spacial score (nSPS) is 15.0. The molecule has 1 aliphatic heterocycles. The fraction of sp³-hybridized carbons (Fsp3) is 0.250. The van der Waals surface area contributed by atoms with Gasteiger partial charge in [0.2, 0.25) is 0 Å². The first-order valence-corrected chi connectivity index (χ1v) is 8.52. The summed E-state index contributed by atoms with van der Waals surface area (Å²) in [6, 6.07) is 11.3. The highest BCUT2D eigenvalue weighted by Crippen LogP contribution is 2.28. The Bertz CT molecular complexity index is 983. The van der Waals surface area contributed by atoms with E-state index in [1.807, 2.05) is 24.3 Å². The number of ether oxygens (including phenoxy) is 1. The molecular weight excluding hydrogens is 338 g/mol. The van der Waals surface area contributed by atoms with Gasteiger partial charge in [-0.2, -0.15) is 0 Å². The molecule has 3 aromatic rings. The van der Waals surface area contributed by atoms with E-state index in [1.165, 1.54) is 6.07 Å². The van der Waals surface area contributed by atoms with Gasteiger partial charge in [-0.3, -0.25) is 4.79 Å². The van der Waals surface area contributed by atoms with Crippen molar-refractivity contribution in [2.75, 3.05) is 6.54 Å². The number of halogens is 2. The van der Waals surface area contributed by atoms with E-state index in [1.54, 1.807) is 11.8 Å². The molecule has 26 heavy (non-hydrogen) atoms. The lowest BCUT2D eigenvalue weighted by Gasteiger charge is -2.29. The minimum absolute atomic E-state index is 0.134. The second-order valence-corrected chi connectivity index (χ2v) is 6.47. The highest BCUT2D eigenvalue weighted by Gasteiger charge is 2.28. The third-order valence-electron chi connectivity index (χ3n) is 4.75. The molecule has 2 aromatic carbocycles. The topological polar surface area (TPSA) is 45.3 Å². The monoisotopic (exact) mass is 356 g/mol. The molecule has 1 unspecified atom stereocenters. The van der Waals surface area contributed by atoms with Gasteiger partial charge < -0.3 is 14.6 Å². The molecule has 0 saturated heterocycles. The second-order valence-electron chi connectivity index (χ2n) is 6.47. The summed E-state index contributed by atoms with van der Waals surface area (Å²) in [5.74, 6) is -1.98. The van der Waals surface area contributed by atoms with Gasteiger partial charge in [0.25, 0.3) is 5.91 Å². The second kappa shape index (κ2) is 6.44. The molecule has 0 fully saturated rings. The molecule has 4 rings (SSSR count). The smallest absolute Gasteiger partial charge is 0.263 e. The third kappa shape index (κ3) is 2.92. The van der Waals surface area contributed by atoms with Crippen LogP contribution in [0.3, 0.4) is 0 Å². The van der Waals surface area contributed by atoms with Gasteiger partial charge >= 0.3 is 0 Å². The summed E-state index contributed by atoms with van der Waals surface area (Å²) in [4.78, 5) is 17.9. The van der Waals surface area contributed by atoms with Crippen LogP contribution in [0.2, 0.25) is 0 Å². The van der Waals surface area contributed by atoms with Crippen molar-refractivity contribution in [3.63, 3.8) is 0 Å². The number of nitrogens with one attached hydrogen (secondary N) is 1. The molecule has 0 bridgehead atoms. The minimum atomic E-state index is -0.997. The number of amides is 1. The maximum absolute atomic E-state index is 13.3. The first-order valence-electron chi connectivity index (χ1n) is 8.52. The van der Waals surface area contributed by atoms with Crippen LogP contribution in [0.1, 0.15) is 18.2 Å². The first kappa shape index (κ1) is 16.6. The largest absolute Gasteiger partial charge is 0.481 e. The number of nitrogens with zero attached hydrogens (tertiary/aromatic N) is 1. The average Bonchev–Trinajstić information content (AvgIpc) is 3.02. The summed E-state index contributed by atoms with van der Waals surface area (Å²) < 4.78 is 31.8. The zero-order chi connectivity index (χ0) is 18.3. The lowest BCUT2D eigenvalue weighted by atomic mass is 10.0. The molecule has 2 heterocycles. The highest BCUT2D eigenvalue weighted by atomic mass is 19.2. The third-order valence-corrected chi connectivity index (χ3v) is 4.75. The number of hydrogen-bond donors (Lipinski definition) is 1. The van der Waals surface area contributed by atoms with Gasteiger partial charge in [0.05, 0.1) is 0 Å². The van der Waals surface area contributed by atoms with E-state index in [-0.39, 0.29) is 11.7 Å². The molecule has 1 amide bonds. The Kier molecular flexibility index (Phi) is 4.11. The van der Waals surface area contributed by atoms with Gasteiger partial charge in [-0.25, -0.2) is 8.78 Å². The van der Waals surface area contributed by atoms with Gasteiger partial charge in [-0.05, 0) is 25.1 Å². The Morgan fingerprint density at radius 1 is 1.19 bits per heavy atom. The van der Waals surface area contributed by atoms with Crippen LogP contribution >= 0.6 is 0 Å². The molecule has 0 saturated carbocycles. The number of carbonyl (C=O) groups is 1. The van der Waals surface area contributed by atoms with Gasteiger partial charge in [0.1, 0.15) is 5.75 Å². The van der Waals surface area contributed by atoms with Crippen LogP contribution < -0.4 is 4.74 Å². The van der Waals surface area contributed by atoms with Gasteiger partial charge in [0, 0.05) is 47.7 Å². The standard InChI is InChI=1S/C20H18F2N2O2/c1-12(26-13-6-7-16(21)17(22)10-13)20(25)24-9-8-19-15(11-24)14-4-2-3-5-18(14)23-19/h2-7,10,12,23H,8-9,11H2,1H3. The molecule has 1 aliphatic rings. The van der Waals surface area contributed by atoms with Crippen molar-refractivity contribution < 1.29 is 18.3 Å². The molecule has 0 spiro atoms. The van der Waals surface area contributed by atoms with Crippen molar-refractivity contribution in [2.45, 2.75) is 26.0 Å². The Balaban J connectivity index is 1.50. The number of fused-ring (bicyclic) bond motifs is 3. The summed E-state index contributed by atoms with van der Waals surface area (Å²) in [7, 11) is 0. The molecule has 1 aromatic heterocycles. The summed E-state index contributed by atoms with van der Waals surface area (Å²) in [6.07, 6.45) is -0.0418. The lowest BCUT2D eigenvalue weighted by Crippen LogP contribution is -2.43.